The summed E-state index contributed by atoms with van der Waals surface area (Å²) in [6.07, 6.45) is 0. The maximum atomic E-state index is 5.81. The highest BCUT2D eigenvalue weighted by Gasteiger charge is 2.09. The van der Waals surface area contributed by atoms with Crippen LogP contribution < -0.4 is 10.5 Å². The quantitative estimate of drug-likeness (QED) is 0.873. The molecule has 0 atom stereocenters. The van der Waals surface area contributed by atoms with Crippen molar-refractivity contribution >= 4 is 17.4 Å². The molecule has 0 unspecified atom stereocenters. The van der Waals surface area contributed by atoms with Gasteiger partial charge in [0, 0.05) is 11.4 Å². The number of hydrogen-bond donors (Lipinski definition) is 1. The number of ether oxygens (including phenoxy) is 1. The van der Waals surface area contributed by atoms with Crippen LogP contribution in [0.2, 0.25) is 0 Å². The van der Waals surface area contributed by atoms with Crippen LogP contribution in [0.4, 0.5) is 5.69 Å². The molecule has 2 N–H and O–H groups in total. The van der Waals surface area contributed by atoms with Crippen LogP contribution in [-0.2, 0) is 0 Å². The molecular formula is C14H18N4OS. The van der Waals surface area contributed by atoms with Gasteiger partial charge in [0.25, 0.3) is 0 Å². The highest BCUT2D eigenvalue weighted by atomic mass is 32.2. The molecule has 20 heavy (non-hydrogen) atoms. The minimum absolute atomic E-state index is 0.457. The number of aromatic nitrogens is 3. The third-order valence-corrected chi connectivity index (χ3v) is 3.75. The fourth-order valence-corrected chi connectivity index (χ4v) is 2.44. The van der Waals surface area contributed by atoms with Crippen LogP contribution in [0.25, 0.3) is 0 Å². The number of nitrogen functional groups attached to an aromatic ring is 1. The zero-order chi connectivity index (χ0) is 14.7. The van der Waals surface area contributed by atoms with Crippen LogP contribution >= 0.6 is 11.8 Å². The van der Waals surface area contributed by atoms with Crippen molar-refractivity contribution in [2.24, 2.45) is 0 Å². The highest BCUT2D eigenvalue weighted by molar-refractivity contribution is 7.99. The fraction of sp³-hybridized carbons (Fsp3) is 0.357. The number of nitrogens with zero attached hydrogens (tertiary/aromatic N) is 3. The summed E-state index contributed by atoms with van der Waals surface area (Å²) >= 11 is 1.40. The third-order valence-electron chi connectivity index (χ3n) is 2.95. The molecule has 2 aromatic rings. The summed E-state index contributed by atoms with van der Waals surface area (Å²) in [5.41, 5.74) is 9.44. The number of aryl methyl sites for hydroxylation is 2. The standard InChI is InChI=1S/C14H18N4OS/c1-5-19-13-11(15)6-7-12(18-13)20-14-16-9(3)8(2)10(4)17-14/h6-7H,5,15H2,1-4H3. The lowest BCUT2D eigenvalue weighted by Crippen LogP contribution is -2.01. The Morgan fingerprint density at radius 3 is 2.35 bits per heavy atom. The smallest absolute Gasteiger partial charge is 0.238 e. The molecule has 0 aromatic carbocycles. The average Bonchev–Trinajstić information content (AvgIpc) is 2.40. The monoisotopic (exact) mass is 290 g/mol. The van der Waals surface area contributed by atoms with Gasteiger partial charge in [0.15, 0.2) is 5.16 Å². The maximum Gasteiger partial charge on any atom is 0.238 e. The summed E-state index contributed by atoms with van der Waals surface area (Å²) in [6, 6.07) is 3.63. The fourth-order valence-electron chi connectivity index (χ4n) is 1.62. The molecule has 0 radical (unpaired) electrons. The average molecular weight is 290 g/mol. The van der Waals surface area contributed by atoms with E-state index in [4.69, 9.17) is 10.5 Å². The van der Waals surface area contributed by atoms with E-state index in [-0.39, 0.29) is 0 Å². The minimum Gasteiger partial charge on any atom is -0.476 e. The van der Waals surface area contributed by atoms with Crippen molar-refractivity contribution in [3.63, 3.8) is 0 Å². The molecule has 0 aliphatic carbocycles. The van der Waals surface area contributed by atoms with Gasteiger partial charge in [-0.25, -0.2) is 15.0 Å². The number of hydrogen-bond acceptors (Lipinski definition) is 6. The summed E-state index contributed by atoms with van der Waals surface area (Å²) in [4.78, 5) is 13.3. The first kappa shape index (κ1) is 14.6. The van der Waals surface area contributed by atoms with Crippen molar-refractivity contribution in [1.29, 1.82) is 0 Å². The molecule has 2 rings (SSSR count). The third kappa shape index (κ3) is 3.19. The minimum atomic E-state index is 0.457. The van der Waals surface area contributed by atoms with E-state index < -0.39 is 0 Å². The Balaban J connectivity index is 2.28. The molecule has 0 saturated heterocycles. The summed E-state index contributed by atoms with van der Waals surface area (Å²) in [5, 5.41) is 1.45. The van der Waals surface area contributed by atoms with Gasteiger partial charge in [-0.3, -0.25) is 0 Å². The van der Waals surface area contributed by atoms with Crippen LogP contribution in [0.1, 0.15) is 23.9 Å². The number of anilines is 1. The summed E-state index contributed by atoms with van der Waals surface area (Å²) in [5.74, 6) is 0.457. The Labute approximate surface area is 123 Å². The summed E-state index contributed by atoms with van der Waals surface area (Å²) in [6.45, 7) is 8.42. The van der Waals surface area contributed by atoms with Crippen molar-refractivity contribution in [2.45, 2.75) is 37.9 Å². The molecule has 0 aliphatic rings. The van der Waals surface area contributed by atoms with Crippen LogP contribution in [0.15, 0.2) is 22.3 Å². The molecule has 5 nitrogen and oxygen atoms in total. The van der Waals surface area contributed by atoms with E-state index in [2.05, 4.69) is 15.0 Å². The van der Waals surface area contributed by atoms with Gasteiger partial charge in [-0.15, -0.1) is 0 Å². The molecule has 0 fully saturated rings. The SMILES string of the molecule is CCOc1nc(Sc2nc(C)c(C)c(C)n2)ccc1N. The predicted octanol–water partition coefficient (Wildman–Crippen LogP) is 2.93. The van der Waals surface area contributed by atoms with E-state index in [0.717, 1.165) is 22.0 Å². The lowest BCUT2D eigenvalue weighted by molar-refractivity contribution is 0.326. The van der Waals surface area contributed by atoms with Gasteiger partial charge < -0.3 is 10.5 Å². The summed E-state index contributed by atoms with van der Waals surface area (Å²) < 4.78 is 5.39. The van der Waals surface area contributed by atoms with E-state index in [1.165, 1.54) is 11.8 Å². The van der Waals surface area contributed by atoms with Crippen molar-refractivity contribution in [3.8, 4) is 5.88 Å². The molecule has 106 valence electrons. The van der Waals surface area contributed by atoms with Crippen molar-refractivity contribution < 1.29 is 4.74 Å². The van der Waals surface area contributed by atoms with Gasteiger partial charge in [0.1, 0.15) is 5.03 Å². The Bertz CT molecular complexity index is 608. The molecular weight excluding hydrogens is 272 g/mol. The number of rotatable bonds is 4. The Morgan fingerprint density at radius 2 is 1.75 bits per heavy atom. The van der Waals surface area contributed by atoms with Gasteiger partial charge in [0.2, 0.25) is 5.88 Å². The van der Waals surface area contributed by atoms with Gasteiger partial charge >= 0.3 is 0 Å². The van der Waals surface area contributed by atoms with Gasteiger partial charge in [-0.1, -0.05) is 0 Å². The Morgan fingerprint density at radius 1 is 1.10 bits per heavy atom. The lowest BCUT2D eigenvalue weighted by atomic mass is 10.2. The molecule has 0 spiro atoms. The highest BCUT2D eigenvalue weighted by Crippen LogP contribution is 2.28. The Kier molecular flexibility index (Phi) is 4.44. The topological polar surface area (TPSA) is 73.9 Å². The van der Waals surface area contributed by atoms with E-state index in [9.17, 15) is 0 Å². The first-order valence-electron chi connectivity index (χ1n) is 6.40. The van der Waals surface area contributed by atoms with Crippen molar-refractivity contribution in [1.82, 2.24) is 15.0 Å². The zero-order valence-electron chi connectivity index (χ0n) is 12.1. The van der Waals surface area contributed by atoms with Gasteiger partial charge in [0.05, 0.1) is 12.3 Å². The van der Waals surface area contributed by atoms with Gasteiger partial charge in [-0.05, 0) is 57.2 Å². The summed E-state index contributed by atoms with van der Waals surface area (Å²) in [7, 11) is 0. The first-order chi connectivity index (χ1) is 9.51. The molecule has 0 aliphatic heterocycles. The van der Waals surface area contributed by atoms with Crippen LogP contribution in [0.5, 0.6) is 5.88 Å². The molecule has 0 saturated carbocycles. The second-order valence-electron chi connectivity index (χ2n) is 4.38. The molecule has 2 aromatic heterocycles. The maximum absolute atomic E-state index is 5.81. The normalized spacial score (nSPS) is 10.6. The molecule has 2 heterocycles. The van der Waals surface area contributed by atoms with Crippen LogP contribution in [0.3, 0.4) is 0 Å². The first-order valence-corrected chi connectivity index (χ1v) is 7.22. The second-order valence-corrected chi connectivity index (χ2v) is 5.37. The zero-order valence-corrected chi connectivity index (χ0v) is 12.9. The van der Waals surface area contributed by atoms with Crippen molar-refractivity contribution in [3.05, 3.63) is 29.1 Å². The second kappa shape index (κ2) is 6.09. The lowest BCUT2D eigenvalue weighted by Gasteiger charge is -2.09. The van der Waals surface area contributed by atoms with E-state index in [0.29, 0.717) is 23.3 Å². The predicted molar refractivity (Wildman–Crippen MR) is 80.2 cm³/mol. The molecule has 0 amide bonds. The van der Waals surface area contributed by atoms with Gasteiger partial charge in [-0.2, -0.15) is 0 Å². The van der Waals surface area contributed by atoms with Crippen LogP contribution in [-0.4, -0.2) is 21.6 Å². The van der Waals surface area contributed by atoms with Crippen LogP contribution in [0, 0.1) is 20.8 Å². The largest absolute Gasteiger partial charge is 0.476 e. The number of pyridine rings is 1. The molecule has 0 bridgehead atoms. The molecule has 6 heteroatoms. The van der Waals surface area contributed by atoms with E-state index in [1.54, 1.807) is 6.07 Å². The Hall–Kier alpha value is -1.82. The number of nitrogens with two attached hydrogens (primary N) is 1. The van der Waals surface area contributed by atoms with Crippen molar-refractivity contribution in [2.75, 3.05) is 12.3 Å². The van der Waals surface area contributed by atoms with E-state index >= 15 is 0 Å². The van der Waals surface area contributed by atoms with E-state index in [1.807, 2.05) is 33.8 Å².